The first-order chi connectivity index (χ1) is 24.5. The molecule has 1 aliphatic rings. The number of aliphatic hydroxyl groups excluding tert-OH is 1. The first-order valence-corrected chi connectivity index (χ1v) is 18.7. The Morgan fingerprint density at radius 2 is 1.56 bits per heavy atom. The van der Waals surface area contributed by atoms with Crippen LogP contribution in [0.3, 0.4) is 0 Å². The largest absolute Gasteiger partial charge is 0.392 e. The quantitative estimate of drug-likeness (QED) is 0.0374. The van der Waals surface area contributed by atoms with Crippen molar-refractivity contribution in [2.45, 2.75) is 74.5 Å². The molecule has 260 valence electrons. The highest BCUT2D eigenvalue weighted by Gasteiger charge is 2.32. The number of benzene rings is 4. The van der Waals surface area contributed by atoms with Crippen LogP contribution in [0.2, 0.25) is 0 Å². The van der Waals surface area contributed by atoms with E-state index in [0.29, 0.717) is 32.2 Å². The van der Waals surface area contributed by atoms with Gasteiger partial charge in [-0.2, -0.15) is 0 Å². The monoisotopic (exact) mass is 711 g/mol. The summed E-state index contributed by atoms with van der Waals surface area (Å²) in [7, 11) is 0. The van der Waals surface area contributed by atoms with E-state index in [4.69, 9.17) is 19.7 Å². The lowest BCUT2D eigenvalue weighted by Gasteiger charge is -2.36. The third-order valence-corrected chi connectivity index (χ3v) is 11.0. The number of nitrogens with one attached hydrogen (secondary N) is 2. The Bertz CT molecular complexity index is 1830. The van der Waals surface area contributed by atoms with Gasteiger partial charge in [0.1, 0.15) is 0 Å². The summed E-state index contributed by atoms with van der Waals surface area (Å²) in [5.41, 5.74) is 8.53. The molecule has 0 spiro atoms. The first kappa shape index (κ1) is 35.7. The fourth-order valence-electron chi connectivity index (χ4n) is 5.96. The normalized spacial score (nSPS) is 17.4. The molecule has 0 aliphatic carbocycles. The summed E-state index contributed by atoms with van der Waals surface area (Å²) >= 11 is 3.41. The van der Waals surface area contributed by atoms with Crippen LogP contribution < -0.4 is 10.8 Å². The molecular weight excluding hydrogens is 671 g/mol. The van der Waals surface area contributed by atoms with E-state index in [1.807, 2.05) is 72.8 Å². The van der Waals surface area contributed by atoms with Gasteiger partial charge in [0.15, 0.2) is 10.6 Å². The van der Waals surface area contributed by atoms with E-state index in [2.05, 4.69) is 29.6 Å². The number of ether oxygens (including phenoxy) is 2. The van der Waals surface area contributed by atoms with Crippen LogP contribution in [-0.2, 0) is 32.2 Å². The maximum atomic E-state index is 12.5. The molecule has 5 aromatic rings. The lowest BCUT2D eigenvalue weighted by Crippen LogP contribution is -2.31. The molecule has 6 rings (SSSR count). The molecule has 11 heteroatoms. The second kappa shape index (κ2) is 17.7. The number of thioether (sulfide) groups is 1. The highest BCUT2D eigenvalue weighted by atomic mass is 32.2. The highest BCUT2D eigenvalue weighted by Crippen LogP contribution is 2.40. The number of hydrogen-bond acceptors (Lipinski definition) is 9. The SMILES string of the molecule is O=C(CCCCCC(=O)NCc1ccccc1-c1ccc(C2OC(CSc3nc4ccccc4s3)CC(c3ccc(CO)cc3)O2)cc1)NO. The summed E-state index contributed by atoms with van der Waals surface area (Å²) in [6.45, 7) is 0.402. The average Bonchev–Trinajstić information content (AvgIpc) is 3.59. The topological polar surface area (TPSA) is 130 Å². The van der Waals surface area contributed by atoms with Gasteiger partial charge in [0.05, 0.1) is 29.0 Å². The number of unbranched alkanes of at least 4 members (excludes halogenated alkanes) is 2. The average molecular weight is 712 g/mol. The van der Waals surface area contributed by atoms with E-state index < -0.39 is 12.2 Å². The molecule has 9 nitrogen and oxygen atoms in total. The highest BCUT2D eigenvalue weighted by molar-refractivity contribution is 8.01. The number of carbonyl (C=O) groups excluding carboxylic acids is 2. The number of fused-ring (bicyclic) bond motifs is 1. The van der Waals surface area contributed by atoms with Gasteiger partial charge in [0, 0.05) is 37.1 Å². The molecule has 1 fully saturated rings. The van der Waals surface area contributed by atoms with E-state index >= 15 is 0 Å². The molecule has 0 saturated carbocycles. The fraction of sp³-hybridized carbons (Fsp3) is 0.308. The molecule has 1 aromatic heterocycles. The Morgan fingerprint density at radius 1 is 0.840 bits per heavy atom. The number of nitrogens with zero attached hydrogens (tertiary/aromatic N) is 1. The van der Waals surface area contributed by atoms with Crippen molar-refractivity contribution in [3.8, 4) is 11.1 Å². The molecule has 1 saturated heterocycles. The van der Waals surface area contributed by atoms with Crippen LogP contribution in [0, 0.1) is 0 Å². The molecule has 50 heavy (non-hydrogen) atoms. The van der Waals surface area contributed by atoms with Gasteiger partial charge in [-0.25, -0.2) is 10.5 Å². The Morgan fingerprint density at radius 3 is 2.32 bits per heavy atom. The molecule has 4 aromatic carbocycles. The zero-order chi connectivity index (χ0) is 34.7. The van der Waals surface area contributed by atoms with Crippen molar-refractivity contribution in [1.29, 1.82) is 0 Å². The standard InChI is InChI=1S/C39H41N3O6S2/c43-24-26-14-16-28(17-15-26)34-22-31(25-49-39-41-33-10-6-7-11-35(33)50-39)47-38(48-34)29-20-18-27(19-21-29)32-9-5-4-8-30(32)23-40-36(44)12-2-1-3-13-37(45)42-46/h4-11,14-21,31,34,38,43,46H,1-3,12-13,22-25H2,(H,40,44)(H,42,45). The zero-order valence-corrected chi connectivity index (χ0v) is 29.3. The number of hydrogen-bond donors (Lipinski definition) is 4. The molecule has 2 heterocycles. The van der Waals surface area contributed by atoms with Gasteiger partial charge in [-0.3, -0.25) is 14.8 Å². The van der Waals surface area contributed by atoms with Crippen molar-refractivity contribution in [2.75, 3.05) is 5.75 Å². The molecule has 3 unspecified atom stereocenters. The number of aliphatic hydroxyl groups is 1. The molecular formula is C39H41N3O6S2. The molecule has 4 N–H and O–H groups in total. The fourth-order valence-corrected chi connectivity index (χ4v) is 8.07. The van der Waals surface area contributed by atoms with Crippen LogP contribution in [0.5, 0.6) is 0 Å². The van der Waals surface area contributed by atoms with E-state index in [1.54, 1.807) is 28.6 Å². The lowest BCUT2D eigenvalue weighted by molar-refractivity contribution is -0.245. The smallest absolute Gasteiger partial charge is 0.243 e. The predicted octanol–water partition coefficient (Wildman–Crippen LogP) is 7.87. The van der Waals surface area contributed by atoms with Gasteiger partial charge >= 0.3 is 0 Å². The molecule has 1 aliphatic heterocycles. The zero-order valence-electron chi connectivity index (χ0n) is 27.6. The van der Waals surface area contributed by atoms with Gasteiger partial charge in [0.25, 0.3) is 0 Å². The van der Waals surface area contributed by atoms with Gasteiger partial charge in [-0.15, -0.1) is 11.3 Å². The summed E-state index contributed by atoms with van der Waals surface area (Å²) in [4.78, 5) is 28.5. The third kappa shape index (κ3) is 9.57. The lowest BCUT2D eigenvalue weighted by atomic mass is 9.97. The summed E-state index contributed by atoms with van der Waals surface area (Å²) in [6.07, 6.45) is 2.55. The number of rotatable bonds is 15. The minimum Gasteiger partial charge on any atom is -0.392 e. The Labute approximate surface area is 300 Å². The van der Waals surface area contributed by atoms with Crippen LogP contribution in [-0.4, -0.2) is 39.0 Å². The van der Waals surface area contributed by atoms with Crippen molar-refractivity contribution < 1.29 is 29.4 Å². The van der Waals surface area contributed by atoms with Crippen LogP contribution >= 0.6 is 23.1 Å². The number of amides is 2. The summed E-state index contributed by atoms with van der Waals surface area (Å²) in [6, 6.07) is 32.3. The molecule has 0 radical (unpaired) electrons. The molecule has 0 bridgehead atoms. The van der Waals surface area contributed by atoms with Crippen molar-refractivity contribution in [3.63, 3.8) is 0 Å². The Hall–Kier alpha value is -4.10. The maximum Gasteiger partial charge on any atom is 0.243 e. The number of thiazole rings is 1. The van der Waals surface area contributed by atoms with Gasteiger partial charge in [-0.1, -0.05) is 103 Å². The van der Waals surface area contributed by atoms with E-state index in [1.165, 1.54) is 4.70 Å². The second-order valence-electron chi connectivity index (χ2n) is 12.3. The van der Waals surface area contributed by atoms with Crippen molar-refractivity contribution >= 4 is 45.1 Å². The van der Waals surface area contributed by atoms with Gasteiger partial charge in [-0.05, 0) is 52.8 Å². The number of carbonyl (C=O) groups is 2. The first-order valence-electron chi connectivity index (χ1n) is 16.9. The van der Waals surface area contributed by atoms with E-state index in [0.717, 1.165) is 55.4 Å². The van der Waals surface area contributed by atoms with Crippen molar-refractivity contribution in [3.05, 3.63) is 119 Å². The van der Waals surface area contributed by atoms with Crippen LogP contribution in [0.1, 0.15) is 73.2 Å². The van der Waals surface area contributed by atoms with Gasteiger partial charge in [0.2, 0.25) is 11.8 Å². The van der Waals surface area contributed by atoms with E-state index in [-0.39, 0.29) is 31.1 Å². The maximum absolute atomic E-state index is 12.5. The van der Waals surface area contributed by atoms with Crippen LogP contribution in [0.15, 0.2) is 101 Å². The summed E-state index contributed by atoms with van der Waals surface area (Å²) < 4.78 is 15.3. The van der Waals surface area contributed by atoms with Crippen molar-refractivity contribution in [1.82, 2.24) is 15.8 Å². The van der Waals surface area contributed by atoms with Crippen LogP contribution in [0.25, 0.3) is 21.3 Å². The minimum atomic E-state index is -0.561. The summed E-state index contributed by atoms with van der Waals surface area (Å²) in [5, 5.41) is 21.2. The number of hydroxylamine groups is 1. The number of para-hydroxylation sites is 1. The van der Waals surface area contributed by atoms with Gasteiger partial charge < -0.3 is 19.9 Å². The van der Waals surface area contributed by atoms with Crippen molar-refractivity contribution in [2.24, 2.45) is 0 Å². The number of aromatic nitrogens is 1. The molecule has 2 amide bonds. The summed E-state index contributed by atoms with van der Waals surface area (Å²) in [5.74, 6) is 0.292. The Balaban J connectivity index is 1.11. The third-order valence-electron chi connectivity index (χ3n) is 8.70. The second-order valence-corrected chi connectivity index (χ2v) is 14.6. The predicted molar refractivity (Wildman–Crippen MR) is 196 cm³/mol. The minimum absolute atomic E-state index is 0.00410. The Kier molecular flexibility index (Phi) is 12.7. The van der Waals surface area contributed by atoms with Crippen LogP contribution in [0.4, 0.5) is 0 Å². The molecule has 3 atom stereocenters. The van der Waals surface area contributed by atoms with E-state index in [9.17, 15) is 14.7 Å².